The number of aromatic nitrogens is 2. The minimum Gasteiger partial charge on any atom is -0.288 e. The molecule has 20 heavy (non-hydrogen) atoms. The van der Waals surface area contributed by atoms with Gasteiger partial charge in [-0.2, -0.15) is 0 Å². The molecule has 0 fully saturated rings. The van der Waals surface area contributed by atoms with Crippen molar-refractivity contribution in [2.75, 3.05) is 0 Å². The van der Waals surface area contributed by atoms with Crippen molar-refractivity contribution < 1.29 is 0 Å². The van der Waals surface area contributed by atoms with Crippen molar-refractivity contribution in [2.45, 2.75) is 0 Å². The second-order valence-corrected chi connectivity index (χ2v) is 4.35. The van der Waals surface area contributed by atoms with Gasteiger partial charge in [0, 0.05) is 24.8 Å². The van der Waals surface area contributed by atoms with Gasteiger partial charge >= 0.3 is 0 Å². The number of hydrogen-bond donors (Lipinski definition) is 0. The predicted molar refractivity (Wildman–Crippen MR) is 76.2 cm³/mol. The van der Waals surface area contributed by atoms with Crippen LogP contribution in [-0.4, -0.2) is 9.97 Å². The highest BCUT2D eigenvalue weighted by Crippen LogP contribution is 1.95. The van der Waals surface area contributed by atoms with E-state index in [1.54, 1.807) is 61.2 Å². The Balaban J connectivity index is 2.10. The van der Waals surface area contributed by atoms with Crippen LogP contribution >= 0.6 is 0 Å². The molecule has 0 saturated carbocycles. The summed E-state index contributed by atoms with van der Waals surface area (Å²) in [5, 5.41) is 0.404. The number of hydrogen-bond acceptors (Lipinski definition) is 4. The highest BCUT2D eigenvalue weighted by atomic mass is 16.1. The molecule has 2 aromatic heterocycles. The minimum absolute atomic E-state index is 0.202. The zero-order valence-corrected chi connectivity index (χ0v) is 10.5. The quantitative estimate of drug-likeness (QED) is 0.638. The van der Waals surface area contributed by atoms with Crippen molar-refractivity contribution in [2.24, 2.45) is 0 Å². The molecule has 0 bridgehead atoms. The van der Waals surface area contributed by atoms with Gasteiger partial charge in [-0.05, 0) is 35.4 Å². The molecular formula is C16H10N2O2. The number of pyridine rings is 2. The molecule has 0 aliphatic carbocycles. The Bertz CT molecular complexity index is 817. The molecule has 0 aliphatic heterocycles. The third-order valence-corrected chi connectivity index (χ3v) is 2.97. The van der Waals surface area contributed by atoms with Gasteiger partial charge in [0.25, 0.3) is 0 Å². The summed E-state index contributed by atoms with van der Waals surface area (Å²) < 4.78 is 0. The van der Waals surface area contributed by atoms with E-state index in [2.05, 4.69) is 9.97 Å². The standard InChI is InChI=1S/C16H10N2O2/c19-15-13(7-11-3-1-5-17-9-11)16(20)14(15)8-12-4-2-6-18-10-12/h1-10H. The molecule has 3 rings (SSSR count). The first kappa shape index (κ1) is 12.2. The first-order valence-electron chi connectivity index (χ1n) is 6.08. The molecule has 4 nitrogen and oxygen atoms in total. The lowest BCUT2D eigenvalue weighted by molar-refractivity contribution is 1.25. The molecule has 0 amide bonds. The summed E-state index contributed by atoms with van der Waals surface area (Å²) in [6, 6.07) is 7.10. The van der Waals surface area contributed by atoms with E-state index in [0.717, 1.165) is 11.1 Å². The maximum absolute atomic E-state index is 12.0. The van der Waals surface area contributed by atoms with Gasteiger partial charge in [0.05, 0.1) is 10.4 Å². The highest BCUT2D eigenvalue weighted by molar-refractivity contribution is 5.53. The third kappa shape index (κ3) is 2.19. The summed E-state index contributed by atoms with van der Waals surface area (Å²) in [6.07, 6.45) is 9.63. The first-order valence-corrected chi connectivity index (χ1v) is 6.08. The molecule has 0 aliphatic rings. The lowest BCUT2D eigenvalue weighted by atomic mass is 10.1. The second kappa shape index (κ2) is 5.01. The second-order valence-electron chi connectivity index (χ2n) is 4.35. The lowest BCUT2D eigenvalue weighted by Gasteiger charge is -1.95. The van der Waals surface area contributed by atoms with Crippen molar-refractivity contribution in [3.8, 4) is 0 Å². The fourth-order valence-corrected chi connectivity index (χ4v) is 1.95. The molecule has 2 heterocycles. The fraction of sp³-hybridized carbons (Fsp3) is 0. The van der Waals surface area contributed by atoms with Crippen molar-refractivity contribution >= 4 is 12.2 Å². The van der Waals surface area contributed by atoms with Crippen molar-refractivity contribution in [1.29, 1.82) is 0 Å². The maximum Gasteiger partial charge on any atom is 0.200 e. The molecule has 96 valence electrons. The molecule has 3 aromatic rings. The Labute approximate surface area is 114 Å². The van der Waals surface area contributed by atoms with Crippen LogP contribution in [0.4, 0.5) is 0 Å². The lowest BCUT2D eigenvalue weighted by Crippen LogP contribution is -2.64. The monoisotopic (exact) mass is 262 g/mol. The van der Waals surface area contributed by atoms with Crippen LogP contribution in [-0.2, 0) is 0 Å². The summed E-state index contributed by atoms with van der Waals surface area (Å²) in [5.41, 5.74) is 1.01. The topological polar surface area (TPSA) is 59.9 Å². The highest BCUT2D eigenvalue weighted by Gasteiger charge is 2.07. The van der Waals surface area contributed by atoms with Crippen LogP contribution in [0.25, 0.3) is 12.2 Å². The Morgan fingerprint density at radius 2 is 1.20 bits per heavy atom. The van der Waals surface area contributed by atoms with E-state index >= 15 is 0 Å². The van der Waals surface area contributed by atoms with Gasteiger partial charge in [-0.15, -0.1) is 0 Å². The van der Waals surface area contributed by atoms with Gasteiger partial charge in [-0.1, -0.05) is 12.1 Å². The average Bonchev–Trinajstić information content (AvgIpc) is 2.52. The Hall–Kier alpha value is -2.88. The van der Waals surface area contributed by atoms with Crippen LogP contribution < -0.4 is 21.3 Å². The van der Waals surface area contributed by atoms with Crippen LogP contribution in [0, 0.1) is 0 Å². The van der Waals surface area contributed by atoms with Gasteiger partial charge in [0.15, 0.2) is 0 Å². The summed E-state index contributed by atoms with van der Waals surface area (Å²) in [5.74, 6) is 0. The number of rotatable bonds is 2. The van der Waals surface area contributed by atoms with Crippen LogP contribution in [0.1, 0.15) is 11.1 Å². The normalized spacial score (nSPS) is 10.4. The summed E-state index contributed by atoms with van der Waals surface area (Å²) in [4.78, 5) is 31.9. The summed E-state index contributed by atoms with van der Waals surface area (Å²) in [7, 11) is 0. The van der Waals surface area contributed by atoms with Gasteiger partial charge in [-0.3, -0.25) is 19.6 Å². The van der Waals surface area contributed by atoms with Gasteiger partial charge in [-0.25, -0.2) is 0 Å². The summed E-state index contributed by atoms with van der Waals surface area (Å²) in [6.45, 7) is 0. The van der Waals surface area contributed by atoms with Crippen LogP contribution in [0.3, 0.4) is 0 Å². The smallest absolute Gasteiger partial charge is 0.200 e. The molecule has 4 heteroatoms. The van der Waals surface area contributed by atoms with Gasteiger partial charge in [0.2, 0.25) is 10.9 Å². The average molecular weight is 262 g/mol. The largest absolute Gasteiger partial charge is 0.288 e. The molecule has 0 unspecified atom stereocenters. The van der Waals surface area contributed by atoms with E-state index in [0.29, 0.717) is 0 Å². The Morgan fingerprint density at radius 1 is 0.750 bits per heavy atom. The molecule has 0 saturated heterocycles. The van der Waals surface area contributed by atoms with Crippen LogP contribution in [0.2, 0.25) is 0 Å². The van der Waals surface area contributed by atoms with E-state index in [4.69, 9.17) is 0 Å². The maximum atomic E-state index is 12.0. The minimum atomic E-state index is -0.234. The van der Waals surface area contributed by atoms with E-state index in [9.17, 15) is 9.59 Å². The van der Waals surface area contributed by atoms with E-state index in [1.165, 1.54) is 0 Å². The zero-order valence-electron chi connectivity index (χ0n) is 10.5. The molecule has 0 spiro atoms. The predicted octanol–water partition coefficient (Wildman–Crippen LogP) is -0.270. The van der Waals surface area contributed by atoms with Crippen LogP contribution in [0.15, 0.2) is 58.6 Å². The molecular weight excluding hydrogens is 252 g/mol. The first-order chi connectivity index (χ1) is 9.75. The van der Waals surface area contributed by atoms with Crippen molar-refractivity contribution in [1.82, 2.24) is 9.97 Å². The van der Waals surface area contributed by atoms with Crippen LogP contribution in [0.5, 0.6) is 0 Å². The molecule has 0 atom stereocenters. The molecule has 1 aromatic carbocycles. The van der Waals surface area contributed by atoms with E-state index in [-0.39, 0.29) is 21.3 Å². The van der Waals surface area contributed by atoms with Crippen molar-refractivity contribution in [3.63, 3.8) is 0 Å². The number of nitrogens with zero attached hydrogens (tertiary/aromatic N) is 2. The third-order valence-electron chi connectivity index (χ3n) is 2.97. The van der Waals surface area contributed by atoms with Gasteiger partial charge < -0.3 is 0 Å². The fourth-order valence-electron chi connectivity index (χ4n) is 1.95. The van der Waals surface area contributed by atoms with Crippen molar-refractivity contribution in [3.05, 3.63) is 91.1 Å². The Kier molecular flexibility index (Phi) is 3.05. The molecule has 0 radical (unpaired) electrons. The van der Waals surface area contributed by atoms with E-state index in [1.807, 2.05) is 0 Å². The SMILES string of the molecule is O=c1c(=Cc2cccnc2)c(=O)c1=Cc1cccnc1. The zero-order chi connectivity index (χ0) is 13.9. The van der Waals surface area contributed by atoms with E-state index < -0.39 is 0 Å². The Morgan fingerprint density at radius 3 is 1.55 bits per heavy atom. The molecule has 0 N–H and O–H groups in total. The van der Waals surface area contributed by atoms with Gasteiger partial charge in [0.1, 0.15) is 0 Å². The summed E-state index contributed by atoms with van der Waals surface area (Å²) >= 11 is 0.